The number of quaternary nitrogens is 2. The van der Waals surface area contributed by atoms with Crippen molar-refractivity contribution in [2.75, 3.05) is 65.0 Å². The number of carbonyl (C=O) groups is 2. The number of anilines is 2. The maximum Gasteiger partial charge on any atom is 0.200 e. The highest BCUT2D eigenvalue weighted by atomic mass is 35.5. The summed E-state index contributed by atoms with van der Waals surface area (Å²) < 4.78 is -1.08. The van der Waals surface area contributed by atoms with Crippen LogP contribution in [0.5, 0.6) is 11.5 Å². The van der Waals surface area contributed by atoms with Crippen molar-refractivity contribution in [1.82, 2.24) is 0 Å². The number of likely N-dealkylation sites (N-methyl/N-ethyl adjacent to an activating group) is 2. The molecule has 0 heterocycles. The van der Waals surface area contributed by atoms with Crippen molar-refractivity contribution in [3.63, 3.8) is 0 Å². The van der Waals surface area contributed by atoms with Gasteiger partial charge in [0.25, 0.3) is 0 Å². The normalized spacial score (nSPS) is 13.2. The molecule has 11 heteroatoms. The molecule has 0 unspecified atom stereocenters. The first-order valence-corrected chi connectivity index (χ1v) is 10.2. The van der Waals surface area contributed by atoms with Crippen LogP contribution in [0, 0.1) is 10.4 Å². The number of nitrogens with zero attached hydrogens (tertiary/aromatic N) is 2. The molecule has 0 radical (unpaired) electrons. The summed E-state index contributed by atoms with van der Waals surface area (Å²) in [5.74, 6) is -2.06. The van der Waals surface area contributed by atoms with E-state index in [4.69, 9.17) is 0 Å². The summed E-state index contributed by atoms with van der Waals surface area (Å²) in [6.45, 7) is 0.932. The fourth-order valence-corrected chi connectivity index (χ4v) is 3.58. The number of hydrogen-bond acceptors (Lipinski definition) is 8. The van der Waals surface area contributed by atoms with Gasteiger partial charge in [-0.25, -0.2) is 0 Å². The highest BCUT2D eigenvalue weighted by molar-refractivity contribution is 6.33. The number of ketones is 2. The van der Waals surface area contributed by atoms with Crippen molar-refractivity contribution in [1.29, 1.82) is 0 Å². The van der Waals surface area contributed by atoms with Crippen LogP contribution in [0.1, 0.15) is 31.8 Å². The minimum atomic E-state index is -0.620. The van der Waals surface area contributed by atoms with Crippen molar-refractivity contribution in [3.8, 4) is 11.5 Å². The molecule has 0 atom stereocenters. The van der Waals surface area contributed by atoms with Crippen molar-refractivity contribution < 1.29 is 29.1 Å². The van der Waals surface area contributed by atoms with Crippen LogP contribution in [0.25, 0.3) is 0 Å². The van der Waals surface area contributed by atoms with Gasteiger partial charge in [0.2, 0.25) is 11.6 Å². The molecule has 0 spiro atoms. The number of hydrogen-bond donors (Lipinski definition) is 4. The lowest BCUT2D eigenvalue weighted by molar-refractivity contribution is -0.838. The molecule has 0 fully saturated rings. The van der Waals surface area contributed by atoms with Gasteiger partial charge in [-0.05, 0) is 24.3 Å². The first kappa shape index (κ1) is 26.4. The predicted molar refractivity (Wildman–Crippen MR) is 128 cm³/mol. The van der Waals surface area contributed by atoms with Crippen LogP contribution in [-0.4, -0.2) is 85.4 Å². The SMILES string of the molecule is C[N+](C)([O-])CCNc1ccc(NCC[N+](C)(C)[O-])c2c1C(=O)c1c(O)ccc(O)c1C2=O.Cl. The molecule has 1 aliphatic rings. The molecule has 3 rings (SSSR count). The van der Waals surface area contributed by atoms with Gasteiger partial charge in [0.05, 0.1) is 76.6 Å². The number of rotatable bonds is 8. The maximum absolute atomic E-state index is 13.4. The van der Waals surface area contributed by atoms with Crippen molar-refractivity contribution in [3.05, 3.63) is 56.9 Å². The number of halogens is 1. The highest BCUT2D eigenvalue weighted by Gasteiger charge is 2.38. The Kier molecular flexibility index (Phi) is 7.62. The minimum Gasteiger partial charge on any atom is -0.633 e. The standard InChI is InChI=1S/C22H28N4O6.ClH/c1-25(2,31)11-9-23-13-5-6-14(24-10-12-26(3,4)32)18-17(13)21(29)19-15(27)7-8-16(28)20(19)22(18)30;/h5-8,23-24,27-28H,9-12H2,1-4H3;1H. The smallest absolute Gasteiger partial charge is 0.200 e. The number of fused-ring (bicyclic) bond motifs is 2. The predicted octanol–water partition coefficient (Wildman–Crippen LogP) is 2.27. The number of nitrogens with one attached hydrogen (secondary N) is 2. The Morgan fingerprint density at radius 2 is 1.03 bits per heavy atom. The van der Waals surface area contributed by atoms with Crippen LogP contribution < -0.4 is 10.6 Å². The Balaban J connectivity index is 0.00000385. The third kappa shape index (κ3) is 5.73. The summed E-state index contributed by atoms with van der Waals surface area (Å²) in [6, 6.07) is 5.54. The van der Waals surface area contributed by atoms with E-state index in [9.17, 15) is 30.2 Å². The Labute approximate surface area is 198 Å². The van der Waals surface area contributed by atoms with E-state index >= 15 is 0 Å². The van der Waals surface area contributed by atoms with E-state index in [1.165, 1.54) is 28.2 Å². The van der Waals surface area contributed by atoms with E-state index in [0.29, 0.717) is 11.4 Å². The third-order valence-electron chi connectivity index (χ3n) is 5.21. The monoisotopic (exact) mass is 480 g/mol. The fourth-order valence-electron chi connectivity index (χ4n) is 3.58. The molecule has 180 valence electrons. The minimum absolute atomic E-state index is 0. The van der Waals surface area contributed by atoms with E-state index in [-0.39, 0.29) is 60.8 Å². The van der Waals surface area contributed by atoms with Gasteiger partial charge in [-0.1, -0.05) is 0 Å². The van der Waals surface area contributed by atoms with Gasteiger partial charge in [0.1, 0.15) is 11.5 Å². The molecule has 0 saturated carbocycles. The zero-order chi connectivity index (χ0) is 23.8. The molecule has 33 heavy (non-hydrogen) atoms. The van der Waals surface area contributed by atoms with Crippen LogP contribution in [-0.2, 0) is 0 Å². The Bertz CT molecular complexity index is 992. The highest BCUT2D eigenvalue weighted by Crippen LogP contribution is 2.42. The van der Waals surface area contributed by atoms with Crippen molar-refractivity contribution in [2.24, 2.45) is 0 Å². The van der Waals surface area contributed by atoms with E-state index in [1.807, 2.05) is 0 Å². The molecule has 0 saturated heterocycles. The third-order valence-corrected chi connectivity index (χ3v) is 5.21. The lowest BCUT2D eigenvalue weighted by Crippen LogP contribution is -2.37. The zero-order valence-corrected chi connectivity index (χ0v) is 19.8. The number of carbonyl (C=O) groups excluding carboxylic acids is 2. The van der Waals surface area contributed by atoms with Gasteiger partial charge in [-0.2, -0.15) is 0 Å². The number of hydroxylamine groups is 6. The summed E-state index contributed by atoms with van der Waals surface area (Å²) in [7, 11) is 5.97. The molecule has 0 amide bonds. The second-order valence-corrected chi connectivity index (χ2v) is 8.87. The van der Waals surface area contributed by atoms with Gasteiger partial charge >= 0.3 is 0 Å². The van der Waals surface area contributed by atoms with Gasteiger partial charge in [-0.3, -0.25) is 9.59 Å². The zero-order valence-electron chi connectivity index (χ0n) is 19.0. The topological polar surface area (TPSA) is 145 Å². The number of aromatic hydroxyl groups is 2. The van der Waals surface area contributed by atoms with Crippen LogP contribution in [0.15, 0.2) is 24.3 Å². The van der Waals surface area contributed by atoms with Gasteiger partial charge in [0.15, 0.2) is 0 Å². The second kappa shape index (κ2) is 9.54. The Hall–Kier alpha value is -2.89. The van der Waals surface area contributed by atoms with E-state index in [0.717, 1.165) is 12.1 Å². The summed E-state index contributed by atoms with van der Waals surface area (Å²) in [5.41, 5.74) is 0.234. The quantitative estimate of drug-likeness (QED) is 0.218. The number of phenolic OH excluding ortho intramolecular Hbond substituents is 2. The van der Waals surface area contributed by atoms with Crippen LogP contribution in [0.2, 0.25) is 0 Å². The average Bonchev–Trinajstić information content (AvgIpc) is 2.66. The Morgan fingerprint density at radius 3 is 1.33 bits per heavy atom. The molecule has 0 aliphatic heterocycles. The van der Waals surface area contributed by atoms with Crippen LogP contribution in [0.3, 0.4) is 0 Å². The molecular weight excluding hydrogens is 452 g/mol. The number of benzene rings is 2. The molecule has 10 nitrogen and oxygen atoms in total. The first-order valence-electron chi connectivity index (χ1n) is 10.2. The summed E-state index contributed by atoms with van der Waals surface area (Å²) in [5, 5.41) is 50.4. The van der Waals surface area contributed by atoms with Gasteiger partial charge < -0.3 is 40.6 Å². The number of phenols is 2. The molecule has 0 bridgehead atoms. The molecule has 2 aromatic rings. The molecule has 0 aromatic heterocycles. The molecule has 1 aliphatic carbocycles. The van der Waals surface area contributed by atoms with Crippen molar-refractivity contribution >= 4 is 35.3 Å². The maximum atomic E-state index is 13.4. The fraction of sp³-hybridized carbons (Fsp3) is 0.364. The lowest BCUT2D eigenvalue weighted by atomic mass is 9.81. The van der Waals surface area contributed by atoms with E-state index in [1.54, 1.807) is 12.1 Å². The summed E-state index contributed by atoms with van der Waals surface area (Å²) >= 11 is 0. The second-order valence-electron chi connectivity index (χ2n) is 8.87. The Morgan fingerprint density at radius 1 is 0.697 bits per heavy atom. The molecular formula is C22H29ClN4O6. The van der Waals surface area contributed by atoms with E-state index in [2.05, 4.69) is 10.6 Å². The van der Waals surface area contributed by atoms with Crippen LogP contribution >= 0.6 is 12.4 Å². The van der Waals surface area contributed by atoms with E-state index < -0.39 is 32.4 Å². The lowest BCUT2D eigenvalue weighted by Gasteiger charge is -2.34. The van der Waals surface area contributed by atoms with Gasteiger partial charge in [0, 0.05) is 11.4 Å². The molecule has 2 aromatic carbocycles. The molecule has 4 N–H and O–H groups in total. The van der Waals surface area contributed by atoms with Crippen molar-refractivity contribution in [2.45, 2.75) is 0 Å². The first-order chi connectivity index (χ1) is 14.8. The van der Waals surface area contributed by atoms with Gasteiger partial charge in [-0.15, -0.1) is 12.4 Å². The summed E-state index contributed by atoms with van der Waals surface area (Å²) in [6.07, 6.45) is 0. The van der Waals surface area contributed by atoms with Crippen LogP contribution in [0.4, 0.5) is 11.4 Å². The average molecular weight is 481 g/mol. The summed E-state index contributed by atoms with van der Waals surface area (Å²) in [4.78, 5) is 26.8. The largest absolute Gasteiger partial charge is 0.633 e.